The molecule has 0 aliphatic heterocycles. The van der Waals surface area contributed by atoms with Crippen LogP contribution < -0.4 is 9.47 Å². The van der Waals surface area contributed by atoms with E-state index in [1.165, 1.54) is 26.6 Å². The number of hydrogen-bond donors (Lipinski definition) is 1. The number of hydrogen-bond acceptors (Lipinski definition) is 5. The van der Waals surface area contributed by atoms with E-state index in [-0.39, 0.29) is 0 Å². The number of aromatic nitrogens is 1. The molecule has 13 heavy (non-hydrogen) atoms. The van der Waals surface area contributed by atoms with Crippen LogP contribution in [0, 0.1) is 0 Å². The van der Waals surface area contributed by atoms with Gasteiger partial charge in [-0.15, -0.1) is 0 Å². The average molecular weight is 182 g/mol. The fourth-order valence-corrected chi connectivity index (χ4v) is 0.884. The first kappa shape index (κ1) is 9.31. The van der Waals surface area contributed by atoms with E-state index in [1.54, 1.807) is 6.07 Å². The molecule has 1 aromatic heterocycles. The molecule has 0 aromatic carbocycles. The van der Waals surface area contributed by atoms with Gasteiger partial charge in [0.2, 0.25) is 0 Å². The minimum Gasteiger partial charge on any atom is -0.491 e. The van der Waals surface area contributed by atoms with E-state index < -0.39 is 0 Å². The quantitative estimate of drug-likeness (QED) is 0.428. The van der Waals surface area contributed by atoms with Gasteiger partial charge in [-0.2, -0.15) is 0 Å². The summed E-state index contributed by atoms with van der Waals surface area (Å²) in [4.78, 5) is 3.94. The summed E-state index contributed by atoms with van der Waals surface area (Å²) in [7, 11) is 3.02. The van der Waals surface area contributed by atoms with Gasteiger partial charge in [0.25, 0.3) is 5.88 Å². The summed E-state index contributed by atoms with van der Waals surface area (Å²) in [6.45, 7) is 0. The maximum atomic E-state index is 8.28. The fraction of sp³-hybridized carbons (Fsp3) is 0.250. The molecular formula is C8H10N2O3. The number of oxime groups is 1. The summed E-state index contributed by atoms with van der Waals surface area (Å²) >= 11 is 0. The lowest BCUT2D eigenvalue weighted by atomic mass is 10.3. The van der Waals surface area contributed by atoms with Crippen molar-refractivity contribution < 1.29 is 14.7 Å². The molecule has 70 valence electrons. The third-order valence-electron chi connectivity index (χ3n) is 1.46. The third-order valence-corrected chi connectivity index (χ3v) is 1.46. The molecule has 1 heterocycles. The van der Waals surface area contributed by atoms with Crippen LogP contribution >= 0.6 is 0 Å². The average Bonchev–Trinajstić information content (AvgIpc) is 2.18. The standard InChI is InChI=1S/C8H10N2O3/c1-12-7-3-6(5-10-11)4-9-8(7)13-2/h3-5,11H,1-2H3/b10-5-. The van der Waals surface area contributed by atoms with E-state index in [2.05, 4.69) is 10.1 Å². The Hall–Kier alpha value is -1.78. The SMILES string of the molecule is COc1cc(/C=N\O)cnc1OC. The Kier molecular flexibility index (Phi) is 3.08. The molecule has 5 heteroatoms. The summed E-state index contributed by atoms with van der Waals surface area (Å²) < 4.78 is 9.92. The van der Waals surface area contributed by atoms with Crippen LogP contribution in [0.4, 0.5) is 0 Å². The van der Waals surface area contributed by atoms with Crippen molar-refractivity contribution >= 4 is 6.21 Å². The highest BCUT2D eigenvalue weighted by atomic mass is 16.5. The van der Waals surface area contributed by atoms with E-state index in [4.69, 9.17) is 14.7 Å². The first-order valence-corrected chi connectivity index (χ1v) is 3.57. The number of methoxy groups -OCH3 is 2. The van der Waals surface area contributed by atoms with Gasteiger partial charge in [0.1, 0.15) is 0 Å². The minimum atomic E-state index is 0.401. The Morgan fingerprint density at radius 3 is 2.77 bits per heavy atom. The molecule has 0 fully saturated rings. The first-order valence-electron chi connectivity index (χ1n) is 3.57. The zero-order valence-corrected chi connectivity index (χ0v) is 7.39. The molecule has 1 rings (SSSR count). The van der Waals surface area contributed by atoms with E-state index in [0.29, 0.717) is 17.2 Å². The summed E-state index contributed by atoms with van der Waals surface area (Å²) in [5, 5.41) is 11.2. The topological polar surface area (TPSA) is 63.9 Å². The number of ether oxygens (including phenoxy) is 2. The molecule has 0 amide bonds. The van der Waals surface area contributed by atoms with Gasteiger partial charge in [0, 0.05) is 11.8 Å². The second kappa shape index (κ2) is 4.30. The molecule has 0 atom stereocenters. The highest BCUT2D eigenvalue weighted by Gasteiger charge is 2.04. The van der Waals surface area contributed by atoms with Gasteiger partial charge in [0.05, 0.1) is 20.4 Å². The molecule has 0 radical (unpaired) electrons. The van der Waals surface area contributed by atoms with Crippen LogP contribution in [0.15, 0.2) is 17.4 Å². The Morgan fingerprint density at radius 2 is 2.23 bits per heavy atom. The number of nitrogens with zero attached hydrogens (tertiary/aromatic N) is 2. The Bertz CT molecular complexity index is 312. The zero-order chi connectivity index (χ0) is 9.68. The van der Waals surface area contributed by atoms with Gasteiger partial charge in [-0.3, -0.25) is 0 Å². The molecule has 1 aromatic rings. The normalized spacial score (nSPS) is 10.3. The van der Waals surface area contributed by atoms with Crippen molar-refractivity contribution in [3.05, 3.63) is 17.8 Å². The van der Waals surface area contributed by atoms with Crippen LogP contribution in [0.2, 0.25) is 0 Å². The molecule has 0 aliphatic carbocycles. The molecule has 1 N–H and O–H groups in total. The van der Waals surface area contributed by atoms with E-state index in [0.717, 1.165) is 0 Å². The molecule has 5 nitrogen and oxygen atoms in total. The maximum Gasteiger partial charge on any atom is 0.256 e. The fourth-order valence-electron chi connectivity index (χ4n) is 0.884. The minimum absolute atomic E-state index is 0.401. The van der Waals surface area contributed by atoms with Crippen molar-refractivity contribution in [2.45, 2.75) is 0 Å². The van der Waals surface area contributed by atoms with Crippen molar-refractivity contribution in [3.8, 4) is 11.6 Å². The highest BCUT2D eigenvalue weighted by Crippen LogP contribution is 2.23. The van der Waals surface area contributed by atoms with Crippen LogP contribution in [0.5, 0.6) is 11.6 Å². The molecule has 0 saturated carbocycles. The van der Waals surface area contributed by atoms with Crippen molar-refractivity contribution in [2.24, 2.45) is 5.16 Å². The van der Waals surface area contributed by atoms with Gasteiger partial charge < -0.3 is 14.7 Å². The predicted molar refractivity (Wildman–Crippen MR) is 46.7 cm³/mol. The highest BCUT2D eigenvalue weighted by molar-refractivity contribution is 5.79. The van der Waals surface area contributed by atoms with E-state index in [1.807, 2.05) is 0 Å². The van der Waals surface area contributed by atoms with Crippen LogP contribution in [-0.4, -0.2) is 30.6 Å². The lowest BCUT2D eigenvalue weighted by Crippen LogP contribution is -1.95. The predicted octanol–water partition coefficient (Wildman–Crippen LogP) is 0.907. The Labute approximate surface area is 75.6 Å². The van der Waals surface area contributed by atoms with Crippen molar-refractivity contribution in [3.63, 3.8) is 0 Å². The monoisotopic (exact) mass is 182 g/mol. The molecule has 0 bridgehead atoms. The van der Waals surface area contributed by atoms with Crippen LogP contribution in [-0.2, 0) is 0 Å². The van der Waals surface area contributed by atoms with E-state index in [9.17, 15) is 0 Å². The number of rotatable bonds is 3. The molecule has 0 unspecified atom stereocenters. The van der Waals surface area contributed by atoms with Crippen LogP contribution in [0.1, 0.15) is 5.56 Å². The van der Waals surface area contributed by atoms with Crippen LogP contribution in [0.3, 0.4) is 0 Å². The maximum absolute atomic E-state index is 8.28. The lowest BCUT2D eigenvalue weighted by Gasteiger charge is -2.05. The first-order chi connectivity index (χ1) is 6.31. The van der Waals surface area contributed by atoms with Gasteiger partial charge in [0.15, 0.2) is 5.75 Å². The van der Waals surface area contributed by atoms with Crippen molar-refractivity contribution in [1.29, 1.82) is 0 Å². The summed E-state index contributed by atoms with van der Waals surface area (Å²) in [5.41, 5.74) is 0.639. The second-order valence-corrected chi connectivity index (χ2v) is 2.22. The van der Waals surface area contributed by atoms with Gasteiger partial charge >= 0.3 is 0 Å². The smallest absolute Gasteiger partial charge is 0.256 e. The second-order valence-electron chi connectivity index (χ2n) is 2.22. The number of pyridine rings is 1. The van der Waals surface area contributed by atoms with Gasteiger partial charge in [-0.1, -0.05) is 5.16 Å². The summed E-state index contributed by atoms with van der Waals surface area (Å²) in [6, 6.07) is 1.66. The van der Waals surface area contributed by atoms with Crippen LogP contribution in [0.25, 0.3) is 0 Å². The third kappa shape index (κ3) is 2.08. The molecule has 0 saturated heterocycles. The van der Waals surface area contributed by atoms with Gasteiger partial charge in [-0.05, 0) is 6.07 Å². The molecular weight excluding hydrogens is 172 g/mol. The Morgan fingerprint density at radius 1 is 1.46 bits per heavy atom. The van der Waals surface area contributed by atoms with Gasteiger partial charge in [-0.25, -0.2) is 4.98 Å². The van der Waals surface area contributed by atoms with Crippen molar-refractivity contribution in [2.75, 3.05) is 14.2 Å². The Balaban J connectivity index is 3.05. The summed E-state index contributed by atoms with van der Waals surface area (Å²) in [5.74, 6) is 0.900. The largest absolute Gasteiger partial charge is 0.491 e. The molecule has 0 spiro atoms. The molecule has 0 aliphatic rings. The lowest BCUT2D eigenvalue weighted by molar-refractivity contribution is 0.321. The van der Waals surface area contributed by atoms with Crippen molar-refractivity contribution in [1.82, 2.24) is 4.98 Å². The zero-order valence-electron chi connectivity index (χ0n) is 7.39. The van der Waals surface area contributed by atoms with E-state index >= 15 is 0 Å². The summed E-state index contributed by atoms with van der Waals surface area (Å²) in [6.07, 6.45) is 2.77.